The number of benzene rings is 8. The lowest BCUT2D eigenvalue weighted by atomic mass is 9.94. The highest BCUT2D eigenvalue weighted by Gasteiger charge is 2.26. The normalized spacial score (nSPS) is 11.8. The zero-order valence-corrected chi connectivity index (χ0v) is 28.8. The number of fused-ring (bicyclic) bond motifs is 12. The lowest BCUT2D eigenvalue weighted by molar-refractivity contribution is 1.00. The molecule has 11 aromatic rings. The van der Waals surface area contributed by atoms with Crippen LogP contribution in [-0.4, -0.2) is 14.5 Å². The third kappa shape index (κ3) is 4.31. The molecule has 0 aliphatic carbocycles. The molecule has 0 fully saturated rings. The minimum absolute atomic E-state index is 0.657. The highest BCUT2D eigenvalue weighted by Crippen LogP contribution is 2.50. The summed E-state index contributed by atoms with van der Waals surface area (Å²) in [5, 5.41) is 9.74. The Kier molecular flexibility index (Phi) is 6.42. The first-order chi connectivity index (χ1) is 25.8. The maximum Gasteiger partial charge on any atom is 0.235 e. The van der Waals surface area contributed by atoms with Gasteiger partial charge in [0.1, 0.15) is 0 Å². The average Bonchev–Trinajstić information content (AvgIpc) is 3.78. The Morgan fingerprint density at radius 1 is 0.385 bits per heavy atom. The van der Waals surface area contributed by atoms with Gasteiger partial charge in [-0.2, -0.15) is 0 Å². The minimum Gasteiger partial charge on any atom is -0.277 e. The van der Waals surface area contributed by atoms with E-state index in [2.05, 4.69) is 180 Å². The summed E-state index contributed by atoms with van der Waals surface area (Å²) in [6, 6.07) is 62.8. The van der Waals surface area contributed by atoms with Gasteiger partial charge >= 0.3 is 0 Å². The van der Waals surface area contributed by atoms with Gasteiger partial charge in [-0.3, -0.25) is 4.57 Å². The van der Waals surface area contributed by atoms with E-state index < -0.39 is 0 Å². The molecule has 11 rings (SSSR count). The van der Waals surface area contributed by atoms with Crippen molar-refractivity contribution in [2.45, 2.75) is 0 Å². The van der Waals surface area contributed by atoms with Crippen LogP contribution in [0, 0.1) is 0 Å². The molecule has 0 bridgehead atoms. The van der Waals surface area contributed by atoms with Gasteiger partial charge in [0.25, 0.3) is 0 Å². The molecule has 3 nitrogen and oxygen atoms in total. The summed E-state index contributed by atoms with van der Waals surface area (Å²) < 4.78 is 4.91. The van der Waals surface area contributed by atoms with Crippen molar-refractivity contribution in [3.05, 3.63) is 176 Å². The number of aromatic nitrogens is 3. The van der Waals surface area contributed by atoms with Crippen molar-refractivity contribution in [2.75, 3.05) is 0 Å². The Morgan fingerprint density at radius 3 is 1.50 bits per heavy atom. The van der Waals surface area contributed by atoms with Crippen LogP contribution in [0.15, 0.2) is 176 Å². The Balaban J connectivity index is 1.42. The summed E-state index contributed by atoms with van der Waals surface area (Å²) in [5.41, 5.74) is 8.58. The Hall–Kier alpha value is -6.62. The van der Waals surface area contributed by atoms with Crippen molar-refractivity contribution >= 4 is 74.9 Å². The predicted octanol–water partition coefficient (Wildman–Crippen LogP) is 13.2. The van der Waals surface area contributed by atoms with Crippen molar-refractivity contribution in [3.63, 3.8) is 0 Å². The third-order valence-electron chi connectivity index (χ3n) is 10.4. The standard InChI is InChI=1S/C48H29N3S/c1-4-16-30(17-5-1)38-28-39-43-35-24-12-10-22-33(35)34-23-11-13-25-36(34)45(43)51(46(39)44-37-26-14-15-27-42(37)52-47(38)44)48-49-40(31-18-6-2-7-19-31)29-41(50-48)32-20-8-3-9-21-32/h1-29H. The van der Waals surface area contributed by atoms with Crippen molar-refractivity contribution < 1.29 is 0 Å². The average molecular weight is 680 g/mol. The van der Waals surface area contributed by atoms with Gasteiger partial charge in [-0.1, -0.05) is 158 Å². The zero-order valence-electron chi connectivity index (χ0n) is 28.0. The van der Waals surface area contributed by atoms with E-state index in [0.717, 1.165) is 33.5 Å². The number of hydrogen-bond donors (Lipinski definition) is 0. The van der Waals surface area contributed by atoms with Crippen LogP contribution in [0.2, 0.25) is 0 Å². The summed E-state index contributed by atoms with van der Waals surface area (Å²) in [6.07, 6.45) is 0. The van der Waals surface area contributed by atoms with Gasteiger partial charge in [0.15, 0.2) is 0 Å². The van der Waals surface area contributed by atoms with Gasteiger partial charge in [0, 0.05) is 53.0 Å². The summed E-state index contributed by atoms with van der Waals surface area (Å²) in [5.74, 6) is 0.657. The van der Waals surface area contributed by atoms with Gasteiger partial charge in [-0.25, -0.2) is 9.97 Å². The topological polar surface area (TPSA) is 30.7 Å². The number of rotatable bonds is 4. The molecule has 0 N–H and O–H groups in total. The fraction of sp³-hybridized carbons (Fsp3) is 0. The molecule has 0 saturated heterocycles. The van der Waals surface area contributed by atoms with Crippen LogP contribution >= 0.6 is 11.3 Å². The first-order valence-corrected chi connectivity index (χ1v) is 18.4. The molecular formula is C48H29N3S. The van der Waals surface area contributed by atoms with Crippen LogP contribution < -0.4 is 0 Å². The van der Waals surface area contributed by atoms with Crippen LogP contribution in [-0.2, 0) is 0 Å². The smallest absolute Gasteiger partial charge is 0.235 e. The van der Waals surface area contributed by atoms with Crippen LogP contribution in [0.1, 0.15) is 0 Å². The van der Waals surface area contributed by atoms with Gasteiger partial charge in [0.05, 0.1) is 22.4 Å². The zero-order chi connectivity index (χ0) is 34.2. The number of nitrogens with zero attached hydrogens (tertiary/aromatic N) is 3. The van der Waals surface area contributed by atoms with Crippen LogP contribution in [0.4, 0.5) is 0 Å². The molecular weight excluding hydrogens is 651 g/mol. The van der Waals surface area contributed by atoms with E-state index in [0.29, 0.717) is 5.95 Å². The van der Waals surface area contributed by atoms with E-state index in [4.69, 9.17) is 9.97 Å². The first-order valence-electron chi connectivity index (χ1n) is 17.6. The first kappa shape index (κ1) is 29.1. The fourth-order valence-electron chi connectivity index (χ4n) is 8.13. The van der Waals surface area contributed by atoms with Crippen molar-refractivity contribution in [3.8, 4) is 39.6 Å². The number of hydrogen-bond acceptors (Lipinski definition) is 3. The van der Waals surface area contributed by atoms with Gasteiger partial charge in [-0.15, -0.1) is 11.3 Å². The molecule has 3 aromatic heterocycles. The number of thiophene rings is 1. The fourth-order valence-corrected chi connectivity index (χ4v) is 9.37. The van der Waals surface area contributed by atoms with Crippen molar-refractivity contribution in [1.82, 2.24) is 14.5 Å². The largest absolute Gasteiger partial charge is 0.277 e. The minimum atomic E-state index is 0.657. The Bertz CT molecular complexity index is 3100. The molecule has 4 heteroatoms. The van der Waals surface area contributed by atoms with Crippen LogP contribution in [0.3, 0.4) is 0 Å². The quantitative estimate of drug-likeness (QED) is 0.173. The molecule has 0 aliphatic rings. The van der Waals surface area contributed by atoms with Crippen molar-refractivity contribution in [1.29, 1.82) is 0 Å². The Morgan fingerprint density at radius 2 is 0.865 bits per heavy atom. The van der Waals surface area contributed by atoms with Gasteiger partial charge < -0.3 is 0 Å². The summed E-state index contributed by atoms with van der Waals surface area (Å²) in [6.45, 7) is 0. The summed E-state index contributed by atoms with van der Waals surface area (Å²) >= 11 is 1.86. The highest BCUT2D eigenvalue weighted by molar-refractivity contribution is 7.26. The van der Waals surface area contributed by atoms with Crippen LogP contribution in [0.25, 0.3) is 103 Å². The summed E-state index contributed by atoms with van der Waals surface area (Å²) in [4.78, 5) is 10.9. The van der Waals surface area contributed by atoms with Crippen LogP contribution in [0.5, 0.6) is 0 Å². The van der Waals surface area contributed by atoms with E-state index in [-0.39, 0.29) is 0 Å². The van der Waals surface area contributed by atoms with E-state index >= 15 is 0 Å². The molecule has 0 amide bonds. The van der Waals surface area contributed by atoms with Gasteiger partial charge in [0.2, 0.25) is 5.95 Å². The van der Waals surface area contributed by atoms with Gasteiger partial charge in [-0.05, 0) is 39.9 Å². The second-order valence-electron chi connectivity index (χ2n) is 13.3. The molecule has 0 radical (unpaired) electrons. The van der Waals surface area contributed by atoms with E-state index in [1.807, 2.05) is 11.3 Å². The molecule has 0 spiro atoms. The molecule has 242 valence electrons. The lowest BCUT2D eigenvalue weighted by Crippen LogP contribution is -2.04. The monoisotopic (exact) mass is 679 g/mol. The molecule has 8 aromatic carbocycles. The SMILES string of the molecule is c1ccc(-c2cc(-c3ccccc3)nc(-n3c4c(cc(-c5ccccc5)c5sc6ccccc6c54)c4c5ccccc5c5ccccc5c43)n2)cc1. The van der Waals surface area contributed by atoms with E-state index in [1.54, 1.807) is 0 Å². The van der Waals surface area contributed by atoms with E-state index in [9.17, 15) is 0 Å². The second kappa shape index (κ2) is 11.5. The molecule has 52 heavy (non-hydrogen) atoms. The maximum atomic E-state index is 5.47. The predicted molar refractivity (Wildman–Crippen MR) is 221 cm³/mol. The van der Waals surface area contributed by atoms with Crippen molar-refractivity contribution in [2.24, 2.45) is 0 Å². The maximum absolute atomic E-state index is 5.47. The summed E-state index contributed by atoms with van der Waals surface area (Å²) in [7, 11) is 0. The highest BCUT2D eigenvalue weighted by atomic mass is 32.1. The molecule has 0 saturated carbocycles. The lowest BCUT2D eigenvalue weighted by Gasteiger charge is -2.14. The second-order valence-corrected chi connectivity index (χ2v) is 14.4. The molecule has 0 aliphatic heterocycles. The van der Waals surface area contributed by atoms with E-state index in [1.165, 1.54) is 63.6 Å². The molecule has 0 atom stereocenters. The molecule has 0 unspecified atom stereocenters. The Labute approximate surface area is 303 Å². The molecule has 3 heterocycles. The third-order valence-corrected chi connectivity index (χ3v) is 11.6.